The molecule has 2 N–H and O–H groups in total. The second kappa shape index (κ2) is 5.40. The normalized spacial score (nSPS) is 11.9. The molecule has 2 rings (SSSR count). The number of halogens is 1. The van der Waals surface area contributed by atoms with Crippen LogP contribution in [-0.4, -0.2) is 24.9 Å². The largest absolute Gasteiger partial charge is 0.349 e. The summed E-state index contributed by atoms with van der Waals surface area (Å²) in [6, 6.07) is 1.57. The van der Waals surface area contributed by atoms with Crippen molar-refractivity contribution in [3.63, 3.8) is 0 Å². The number of hydrogen-bond donors (Lipinski definition) is 2. The summed E-state index contributed by atoms with van der Waals surface area (Å²) in [6.45, 7) is 2.07. The number of hydrogen-bond acceptors (Lipinski definition) is 4. The van der Waals surface area contributed by atoms with Crippen LogP contribution in [-0.2, 0) is 16.4 Å². The zero-order chi connectivity index (χ0) is 13.2. The lowest BCUT2D eigenvalue weighted by molar-refractivity contribution is 0.583. The third-order valence-electron chi connectivity index (χ3n) is 2.31. The first-order chi connectivity index (χ1) is 8.49. The number of sulfonamides is 1. The van der Waals surface area contributed by atoms with E-state index in [1.54, 1.807) is 25.4 Å². The number of aromatic nitrogens is 2. The van der Waals surface area contributed by atoms with Gasteiger partial charge in [-0.3, -0.25) is 0 Å². The first-order valence-electron chi connectivity index (χ1n) is 5.23. The van der Waals surface area contributed by atoms with E-state index in [2.05, 4.69) is 14.7 Å². The molecule has 5 nitrogen and oxygen atoms in total. The number of nitrogens with one attached hydrogen (secondary N) is 2. The Balaban J connectivity index is 1.99. The fourth-order valence-electron chi connectivity index (χ4n) is 1.37. The van der Waals surface area contributed by atoms with Crippen molar-refractivity contribution in [2.75, 3.05) is 6.54 Å². The number of aryl methyl sites for hydroxylation is 1. The quantitative estimate of drug-likeness (QED) is 0.886. The van der Waals surface area contributed by atoms with E-state index >= 15 is 0 Å². The van der Waals surface area contributed by atoms with Crippen molar-refractivity contribution < 1.29 is 8.42 Å². The summed E-state index contributed by atoms with van der Waals surface area (Å²) < 4.78 is 27.1. The van der Waals surface area contributed by atoms with Gasteiger partial charge in [-0.05, 0) is 18.6 Å². The molecule has 0 bridgehead atoms. The van der Waals surface area contributed by atoms with E-state index in [4.69, 9.17) is 11.6 Å². The molecular formula is C10H12ClN3O2S2. The van der Waals surface area contributed by atoms with Gasteiger partial charge in [0.2, 0.25) is 10.0 Å². The minimum atomic E-state index is -3.47. The number of thiophene rings is 1. The van der Waals surface area contributed by atoms with Crippen LogP contribution in [0.2, 0.25) is 4.34 Å². The minimum absolute atomic E-state index is 0.240. The maximum Gasteiger partial charge on any atom is 0.250 e. The van der Waals surface area contributed by atoms with Gasteiger partial charge < -0.3 is 4.98 Å². The second-order valence-corrected chi connectivity index (χ2v) is 7.35. The fraction of sp³-hybridized carbons (Fsp3) is 0.300. The van der Waals surface area contributed by atoms with Crippen molar-refractivity contribution in [3.8, 4) is 0 Å². The highest BCUT2D eigenvalue weighted by molar-refractivity contribution is 7.91. The smallest absolute Gasteiger partial charge is 0.250 e. The number of imidazole rings is 1. The van der Waals surface area contributed by atoms with Crippen molar-refractivity contribution in [1.82, 2.24) is 14.7 Å². The van der Waals surface area contributed by atoms with Crippen LogP contribution >= 0.6 is 22.9 Å². The Hall–Kier alpha value is -0.890. The number of aromatic amines is 1. The van der Waals surface area contributed by atoms with Gasteiger partial charge in [-0.2, -0.15) is 0 Å². The van der Waals surface area contributed by atoms with Crippen LogP contribution in [0.1, 0.15) is 11.4 Å². The summed E-state index contributed by atoms with van der Waals surface area (Å²) in [4.78, 5) is 6.93. The van der Waals surface area contributed by atoms with E-state index < -0.39 is 10.0 Å². The Morgan fingerprint density at radius 1 is 1.56 bits per heavy atom. The molecule has 2 heterocycles. The molecule has 0 atom stereocenters. The maximum atomic E-state index is 11.9. The molecule has 0 spiro atoms. The van der Waals surface area contributed by atoms with Gasteiger partial charge in [-0.15, -0.1) is 11.3 Å². The molecule has 2 aromatic rings. The van der Waals surface area contributed by atoms with Crippen LogP contribution in [0.25, 0.3) is 0 Å². The number of nitrogens with zero attached hydrogens (tertiary/aromatic N) is 1. The average Bonchev–Trinajstić information content (AvgIpc) is 2.90. The molecule has 0 fully saturated rings. The van der Waals surface area contributed by atoms with Gasteiger partial charge in [0, 0.05) is 25.4 Å². The lowest BCUT2D eigenvalue weighted by atomic mass is 10.4. The molecule has 0 aliphatic rings. The topological polar surface area (TPSA) is 74.8 Å². The van der Waals surface area contributed by atoms with Crippen molar-refractivity contribution in [1.29, 1.82) is 0 Å². The highest BCUT2D eigenvalue weighted by atomic mass is 35.5. The molecule has 0 aliphatic carbocycles. The lowest BCUT2D eigenvalue weighted by Gasteiger charge is -2.02. The highest BCUT2D eigenvalue weighted by Gasteiger charge is 2.17. The van der Waals surface area contributed by atoms with Crippen LogP contribution in [0.5, 0.6) is 0 Å². The molecule has 0 unspecified atom stereocenters. The van der Waals surface area contributed by atoms with Gasteiger partial charge in [0.25, 0.3) is 0 Å². The molecular weight excluding hydrogens is 294 g/mol. The molecule has 8 heteroatoms. The van der Waals surface area contributed by atoms with Crippen molar-refractivity contribution >= 4 is 33.0 Å². The predicted octanol–water partition coefficient (Wildman–Crippen LogP) is 1.95. The lowest BCUT2D eigenvalue weighted by Crippen LogP contribution is -2.25. The summed E-state index contributed by atoms with van der Waals surface area (Å²) in [6.07, 6.45) is 3.85. The van der Waals surface area contributed by atoms with Gasteiger partial charge in [-0.25, -0.2) is 18.1 Å². The summed E-state index contributed by atoms with van der Waals surface area (Å²) in [5.74, 6) is 0.748. The van der Waals surface area contributed by atoms with E-state index in [9.17, 15) is 8.42 Å². The molecule has 98 valence electrons. The van der Waals surface area contributed by atoms with Gasteiger partial charge in [-0.1, -0.05) is 11.6 Å². The molecule has 2 aromatic heterocycles. The van der Waals surface area contributed by atoms with Crippen molar-refractivity contribution in [2.45, 2.75) is 17.6 Å². The molecule has 0 saturated heterocycles. The molecule has 0 radical (unpaired) electrons. The van der Waals surface area contributed by atoms with Crippen LogP contribution in [0.3, 0.4) is 0 Å². The standard InChI is InChI=1S/C10H12ClN3O2S2/c1-7-6-9(17-10(7)11)18(15,16)14-3-2-8-12-4-5-13-8/h4-6,14H,2-3H2,1H3,(H,12,13). The summed E-state index contributed by atoms with van der Waals surface area (Å²) in [7, 11) is -3.47. The fourth-order valence-corrected chi connectivity index (χ4v) is 4.16. The molecule has 0 amide bonds. The third-order valence-corrected chi connectivity index (χ3v) is 5.80. The molecule has 18 heavy (non-hydrogen) atoms. The Bertz CT molecular complexity index is 600. The second-order valence-electron chi connectivity index (χ2n) is 3.71. The van der Waals surface area contributed by atoms with E-state index in [0.717, 1.165) is 22.7 Å². The van der Waals surface area contributed by atoms with Gasteiger partial charge in [0.05, 0.1) is 4.34 Å². The Labute approximate surface area is 114 Å². The number of rotatable bonds is 5. The van der Waals surface area contributed by atoms with Crippen LogP contribution in [0.15, 0.2) is 22.7 Å². The first-order valence-corrected chi connectivity index (χ1v) is 7.90. The Kier molecular flexibility index (Phi) is 4.06. The van der Waals surface area contributed by atoms with Crippen LogP contribution in [0, 0.1) is 6.92 Å². The molecule has 0 aromatic carbocycles. The zero-order valence-electron chi connectivity index (χ0n) is 9.60. The van der Waals surface area contributed by atoms with E-state index in [-0.39, 0.29) is 4.21 Å². The SMILES string of the molecule is Cc1cc(S(=O)(=O)NCCc2ncc[nH]2)sc1Cl. The summed E-state index contributed by atoms with van der Waals surface area (Å²) in [5.41, 5.74) is 0.771. The Morgan fingerprint density at radius 3 is 2.89 bits per heavy atom. The summed E-state index contributed by atoms with van der Waals surface area (Å²) in [5, 5.41) is 0. The number of H-pyrrole nitrogens is 1. The molecule has 0 aliphatic heterocycles. The van der Waals surface area contributed by atoms with Crippen molar-refractivity contribution in [2.24, 2.45) is 0 Å². The first kappa shape index (κ1) is 13.5. The monoisotopic (exact) mass is 305 g/mol. The van der Waals surface area contributed by atoms with Gasteiger partial charge in [0.15, 0.2) is 0 Å². The average molecular weight is 306 g/mol. The van der Waals surface area contributed by atoms with Crippen LogP contribution < -0.4 is 4.72 Å². The van der Waals surface area contributed by atoms with E-state index in [1.165, 1.54) is 0 Å². The van der Waals surface area contributed by atoms with Crippen molar-refractivity contribution in [3.05, 3.63) is 34.2 Å². The maximum absolute atomic E-state index is 11.9. The Morgan fingerprint density at radius 2 is 2.33 bits per heavy atom. The summed E-state index contributed by atoms with van der Waals surface area (Å²) >= 11 is 6.92. The predicted molar refractivity (Wildman–Crippen MR) is 71.5 cm³/mol. The molecule has 0 saturated carbocycles. The minimum Gasteiger partial charge on any atom is -0.349 e. The van der Waals surface area contributed by atoms with Gasteiger partial charge in [0.1, 0.15) is 10.0 Å². The van der Waals surface area contributed by atoms with E-state index in [0.29, 0.717) is 17.3 Å². The highest BCUT2D eigenvalue weighted by Crippen LogP contribution is 2.29. The van der Waals surface area contributed by atoms with Crippen LogP contribution in [0.4, 0.5) is 0 Å². The third kappa shape index (κ3) is 3.11. The zero-order valence-corrected chi connectivity index (χ0v) is 12.0. The van der Waals surface area contributed by atoms with Gasteiger partial charge >= 0.3 is 0 Å². The van der Waals surface area contributed by atoms with E-state index in [1.807, 2.05) is 0 Å².